The fourth-order valence-electron chi connectivity index (χ4n) is 2.00. The summed E-state index contributed by atoms with van der Waals surface area (Å²) < 4.78 is 7.10. The normalized spacial score (nSPS) is 11.9. The molecule has 0 amide bonds. The molecule has 0 aliphatic carbocycles. The summed E-state index contributed by atoms with van der Waals surface area (Å²) in [6, 6.07) is 4.42. The van der Waals surface area contributed by atoms with Crippen molar-refractivity contribution >= 4 is 11.4 Å². The van der Waals surface area contributed by atoms with Crippen LogP contribution < -0.4 is 10.1 Å². The van der Waals surface area contributed by atoms with Gasteiger partial charge in [0.05, 0.1) is 29.8 Å². The average Bonchev–Trinajstić information content (AvgIpc) is 2.85. The maximum absolute atomic E-state index is 10.8. The molecular weight excluding hydrogens is 260 g/mol. The highest BCUT2D eigenvalue weighted by Crippen LogP contribution is 2.31. The van der Waals surface area contributed by atoms with Gasteiger partial charge in [0.25, 0.3) is 5.69 Å². The van der Waals surface area contributed by atoms with E-state index in [2.05, 4.69) is 10.3 Å². The highest BCUT2D eigenvalue weighted by Gasteiger charge is 2.15. The third-order valence-corrected chi connectivity index (χ3v) is 3.01. The molecule has 0 bridgehead atoms. The molecule has 1 aromatic carbocycles. The largest absolute Gasteiger partial charge is 0.494 e. The van der Waals surface area contributed by atoms with Gasteiger partial charge in [-0.3, -0.25) is 10.1 Å². The van der Waals surface area contributed by atoms with Crippen LogP contribution in [-0.4, -0.2) is 21.6 Å². The van der Waals surface area contributed by atoms with Gasteiger partial charge in [0.1, 0.15) is 11.6 Å². The number of methoxy groups -OCH3 is 1. The van der Waals surface area contributed by atoms with Gasteiger partial charge in [0.15, 0.2) is 0 Å². The van der Waals surface area contributed by atoms with E-state index < -0.39 is 4.92 Å². The summed E-state index contributed by atoms with van der Waals surface area (Å²) in [5.74, 6) is 1.30. The first-order chi connectivity index (χ1) is 9.52. The van der Waals surface area contributed by atoms with Gasteiger partial charge in [-0.25, -0.2) is 4.98 Å². The monoisotopic (exact) mass is 276 g/mol. The summed E-state index contributed by atoms with van der Waals surface area (Å²) in [6.45, 7) is 1.96. The van der Waals surface area contributed by atoms with Gasteiger partial charge in [-0.05, 0) is 13.0 Å². The van der Waals surface area contributed by atoms with E-state index in [1.807, 2.05) is 24.7 Å². The van der Waals surface area contributed by atoms with Crippen molar-refractivity contribution in [2.45, 2.75) is 13.0 Å². The molecule has 1 atom stereocenters. The van der Waals surface area contributed by atoms with E-state index in [0.29, 0.717) is 11.4 Å². The molecule has 0 fully saturated rings. The molecule has 7 nitrogen and oxygen atoms in total. The van der Waals surface area contributed by atoms with E-state index >= 15 is 0 Å². The van der Waals surface area contributed by atoms with Crippen molar-refractivity contribution in [2.75, 3.05) is 12.4 Å². The molecule has 1 unspecified atom stereocenters. The van der Waals surface area contributed by atoms with Gasteiger partial charge in [-0.2, -0.15) is 0 Å². The molecule has 1 aromatic heterocycles. The summed E-state index contributed by atoms with van der Waals surface area (Å²) in [7, 11) is 3.39. The third kappa shape index (κ3) is 2.71. The van der Waals surface area contributed by atoms with Crippen LogP contribution in [0.1, 0.15) is 18.8 Å². The molecular formula is C13H16N4O3. The molecule has 1 N–H and O–H groups in total. The number of anilines is 1. The Morgan fingerprint density at radius 1 is 1.50 bits per heavy atom. The zero-order valence-corrected chi connectivity index (χ0v) is 11.5. The highest BCUT2D eigenvalue weighted by atomic mass is 16.6. The van der Waals surface area contributed by atoms with Gasteiger partial charge in [-0.15, -0.1) is 0 Å². The first-order valence-corrected chi connectivity index (χ1v) is 6.09. The second-order valence-corrected chi connectivity index (χ2v) is 4.40. The van der Waals surface area contributed by atoms with Crippen LogP contribution >= 0.6 is 0 Å². The second kappa shape index (κ2) is 5.60. The zero-order chi connectivity index (χ0) is 14.7. The average molecular weight is 276 g/mol. The van der Waals surface area contributed by atoms with E-state index in [1.54, 1.807) is 12.3 Å². The van der Waals surface area contributed by atoms with Crippen LogP contribution in [0, 0.1) is 10.1 Å². The number of aromatic nitrogens is 2. The molecule has 2 aromatic rings. The predicted octanol–water partition coefficient (Wildman–Crippen LogP) is 2.51. The Hall–Kier alpha value is -2.57. The molecule has 20 heavy (non-hydrogen) atoms. The smallest absolute Gasteiger partial charge is 0.273 e. The molecule has 0 spiro atoms. The summed E-state index contributed by atoms with van der Waals surface area (Å²) >= 11 is 0. The second-order valence-electron chi connectivity index (χ2n) is 4.40. The molecule has 0 aliphatic heterocycles. The standard InChI is InChI=1S/C13H16N4O3/c1-9(13-14-6-7-16(13)2)15-11-5-4-10(17(18)19)8-12(11)20-3/h4-9,15H,1-3H3. The van der Waals surface area contributed by atoms with Gasteiger partial charge in [0.2, 0.25) is 0 Å². The van der Waals surface area contributed by atoms with E-state index in [-0.39, 0.29) is 11.7 Å². The number of benzene rings is 1. The van der Waals surface area contributed by atoms with E-state index in [9.17, 15) is 10.1 Å². The summed E-state index contributed by atoms with van der Waals surface area (Å²) in [5, 5.41) is 14.0. The number of imidazole rings is 1. The minimum atomic E-state index is -0.450. The number of non-ortho nitro benzene ring substituents is 1. The number of ether oxygens (including phenoxy) is 1. The molecule has 0 saturated carbocycles. The number of nitrogens with zero attached hydrogens (tertiary/aromatic N) is 3. The Balaban J connectivity index is 2.25. The number of nitrogens with one attached hydrogen (secondary N) is 1. The lowest BCUT2D eigenvalue weighted by Crippen LogP contribution is -2.12. The maximum atomic E-state index is 10.8. The molecule has 7 heteroatoms. The summed E-state index contributed by atoms with van der Waals surface area (Å²) in [5.41, 5.74) is 0.686. The van der Waals surface area contributed by atoms with Crippen LogP contribution in [0.4, 0.5) is 11.4 Å². The highest BCUT2D eigenvalue weighted by molar-refractivity contribution is 5.61. The topological polar surface area (TPSA) is 82.2 Å². The molecule has 106 valence electrons. The Labute approximate surface area is 116 Å². The number of nitro benzene ring substituents is 1. The fourth-order valence-corrected chi connectivity index (χ4v) is 2.00. The van der Waals surface area contributed by atoms with Gasteiger partial charge in [-0.1, -0.05) is 0 Å². The van der Waals surface area contributed by atoms with Crippen molar-refractivity contribution in [3.05, 3.63) is 46.5 Å². The van der Waals surface area contributed by atoms with Crippen molar-refractivity contribution in [1.82, 2.24) is 9.55 Å². The lowest BCUT2D eigenvalue weighted by atomic mass is 10.2. The van der Waals surface area contributed by atoms with Crippen molar-refractivity contribution in [2.24, 2.45) is 7.05 Å². The minimum absolute atomic E-state index is 0.00274. The first kappa shape index (κ1) is 13.9. The van der Waals surface area contributed by atoms with Crippen molar-refractivity contribution in [3.63, 3.8) is 0 Å². The van der Waals surface area contributed by atoms with Crippen molar-refractivity contribution in [3.8, 4) is 5.75 Å². The number of aryl methyl sites for hydroxylation is 1. The van der Waals surface area contributed by atoms with Crippen LogP contribution in [0.25, 0.3) is 0 Å². The molecule has 2 rings (SSSR count). The predicted molar refractivity (Wildman–Crippen MR) is 74.9 cm³/mol. The third-order valence-electron chi connectivity index (χ3n) is 3.01. The number of hydrogen-bond acceptors (Lipinski definition) is 5. The van der Waals surface area contributed by atoms with Gasteiger partial charge < -0.3 is 14.6 Å². The van der Waals surface area contributed by atoms with Gasteiger partial charge in [0, 0.05) is 25.5 Å². The number of hydrogen-bond donors (Lipinski definition) is 1. The van der Waals surface area contributed by atoms with Gasteiger partial charge >= 0.3 is 0 Å². The summed E-state index contributed by atoms with van der Waals surface area (Å²) in [4.78, 5) is 14.6. The Kier molecular flexibility index (Phi) is 3.88. The number of rotatable bonds is 5. The lowest BCUT2D eigenvalue weighted by Gasteiger charge is -2.17. The van der Waals surface area contributed by atoms with Crippen molar-refractivity contribution in [1.29, 1.82) is 0 Å². The lowest BCUT2D eigenvalue weighted by molar-refractivity contribution is -0.384. The first-order valence-electron chi connectivity index (χ1n) is 6.09. The molecule has 0 saturated heterocycles. The van der Waals surface area contributed by atoms with E-state index in [0.717, 1.165) is 5.82 Å². The Morgan fingerprint density at radius 2 is 2.25 bits per heavy atom. The van der Waals surface area contributed by atoms with Crippen LogP contribution in [0.3, 0.4) is 0 Å². The Morgan fingerprint density at radius 3 is 2.80 bits per heavy atom. The van der Waals surface area contributed by atoms with E-state index in [1.165, 1.54) is 19.2 Å². The zero-order valence-electron chi connectivity index (χ0n) is 11.5. The minimum Gasteiger partial charge on any atom is -0.494 e. The van der Waals surface area contributed by atoms with Crippen LogP contribution in [0.2, 0.25) is 0 Å². The molecule has 0 radical (unpaired) electrons. The maximum Gasteiger partial charge on any atom is 0.273 e. The Bertz CT molecular complexity index is 624. The molecule has 1 heterocycles. The van der Waals surface area contributed by atoms with Crippen LogP contribution in [0.5, 0.6) is 5.75 Å². The van der Waals surface area contributed by atoms with Crippen LogP contribution in [-0.2, 0) is 7.05 Å². The van der Waals surface area contributed by atoms with Crippen LogP contribution in [0.15, 0.2) is 30.6 Å². The SMILES string of the molecule is COc1cc([N+](=O)[O-])ccc1NC(C)c1nccn1C. The quantitative estimate of drug-likeness (QED) is 0.670. The molecule has 0 aliphatic rings. The van der Waals surface area contributed by atoms with E-state index in [4.69, 9.17) is 4.74 Å². The summed E-state index contributed by atoms with van der Waals surface area (Å²) in [6.07, 6.45) is 3.58. The fraction of sp³-hybridized carbons (Fsp3) is 0.308. The number of nitro groups is 1. The van der Waals surface area contributed by atoms with Crippen molar-refractivity contribution < 1.29 is 9.66 Å².